The third-order valence-electron chi connectivity index (χ3n) is 4.17. The van der Waals surface area contributed by atoms with Crippen molar-refractivity contribution >= 4 is 17.7 Å². The van der Waals surface area contributed by atoms with Crippen molar-refractivity contribution in [2.75, 3.05) is 12.9 Å². The number of carbonyl (C=O) groups excluding carboxylic acids is 1. The molecule has 0 aliphatic rings. The summed E-state index contributed by atoms with van der Waals surface area (Å²) in [4.78, 5) is 12.5. The van der Waals surface area contributed by atoms with Crippen molar-refractivity contribution in [1.82, 2.24) is 20.1 Å². The van der Waals surface area contributed by atoms with Gasteiger partial charge in [0.15, 0.2) is 11.0 Å². The highest BCUT2D eigenvalue weighted by molar-refractivity contribution is 7.99. The monoisotopic (exact) mass is 396 g/mol. The molecule has 3 rings (SSSR count). The van der Waals surface area contributed by atoms with E-state index in [1.54, 1.807) is 43.1 Å². The van der Waals surface area contributed by atoms with Crippen LogP contribution in [0, 0.1) is 0 Å². The lowest BCUT2D eigenvalue weighted by Gasteiger charge is -2.11. The van der Waals surface area contributed by atoms with E-state index in [9.17, 15) is 4.79 Å². The lowest BCUT2D eigenvalue weighted by atomic mass is 10.2. The van der Waals surface area contributed by atoms with Gasteiger partial charge in [-0.15, -0.1) is 10.2 Å². The van der Waals surface area contributed by atoms with Crippen LogP contribution in [0.25, 0.3) is 0 Å². The first kappa shape index (κ1) is 19.9. The van der Waals surface area contributed by atoms with Gasteiger partial charge in [0.2, 0.25) is 0 Å². The number of carbonyl (C=O) groups is 1. The van der Waals surface area contributed by atoms with Gasteiger partial charge in [-0.3, -0.25) is 4.79 Å². The maximum atomic E-state index is 12.5. The van der Waals surface area contributed by atoms with Crippen molar-refractivity contribution in [3.05, 3.63) is 71.5 Å². The molecule has 0 saturated carbocycles. The number of nitrogens with one attached hydrogen (secondary N) is 1. The number of aromatic nitrogens is 3. The van der Waals surface area contributed by atoms with Gasteiger partial charge >= 0.3 is 0 Å². The third kappa shape index (κ3) is 5.13. The van der Waals surface area contributed by atoms with Gasteiger partial charge in [0.25, 0.3) is 5.91 Å². The summed E-state index contributed by atoms with van der Waals surface area (Å²) in [6, 6.07) is 17.2. The Labute approximate surface area is 169 Å². The summed E-state index contributed by atoms with van der Waals surface area (Å²) in [7, 11) is 1.60. The molecule has 3 aromatic rings. The lowest BCUT2D eigenvalue weighted by Crippen LogP contribution is -2.25. The quantitative estimate of drug-likeness (QED) is 0.558. The van der Waals surface area contributed by atoms with E-state index in [2.05, 4.69) is 39.1 Å². The summed E-state index contributed by atoms with van der Waals surface area (Å²) in [5.74, 6) is 2.28. The van der Waals surface area contributed by atoms with Gasteiger partial charge in [-0.25, -0.2) is 0 Å². The molecule has 0 fully saturated rings. The van der Waals surface area contributed by atoms with Crippen molar-refractivity contribution in [1.29, 1.82) is 0 Å². The molecule has 0 saturated heterocycles. The molecule has 0 aliphatic heterocycles. The Morgan fingerprint density at radius 2 is 1.86 bits per heavy atom. The summed E-state index contributed by atoms with van der Waals surface area (Å²) >= 11 is 1.68. The normalized spacial score (nSPS) is 10.6. The van der Waals surface area contributed by atoms with Gasteiger partial charge in [0.1, 0.15) is 5.75 Å². The first-order valence-electron chi connectivity index (χ1n) is 9.22. The minimum Gasteiger partial charge on any atom is -0.497 e. The Morgan fingerprint density at radius 3 is 2.54 bits per heavy atom. The third-order valence-corrected chi connectivity index (χ3v) is 5.34. The predicted molar refractivity (Wildman–Crippen MR) is 111 cm³/mol. The average Bonchev–Trinajstić information content (AvgIpc) is 3.12. The molecule has 1 amide bonds. The number of methoxy groups -OCH3 is 1. The second-order valence-electron chi connectivity index (χ2n) is 6.23. The molecule has 7 heteroatoms. The van der Waals surface area contributed by atoms with Gasteiger partial charge in [0, 0.05) is 11.3 Å². The molecule has 1 N–H and O–H groups in total. The highest BCUT2D eigenvalue weighted by atomic mass is 32.2. The molecule has 1 heterocycles. The van der Waals surface area contributed by atoms with Crippen LogP contribution in [0.2, 0.25) is 0 Å². The largest absolute Gasteiger partial charge is 0.497 e. The number of thioether (sulfide) groups is 1. The van der Waals surface area contributed by atoms with Crippen LogP contribution in [0.1, 0.15) is 35.1 Å². The fourth-order valence-corrected chi connectivity index (χ4v) is 3.49. The molecular formula is C21H24N4O2S. The SMILES string of the molecule is CCCSc1nnc(CNC(=O)c2ccc(OC)cc2)n1Cc1ccccc1. The Balaban J connectivity index is 1.72. The molecule has 0 unspecified atom stereocenters. The Hall–Kier alpha value is -2.80. The summed E-state index contributed by atoms with van der Waals surface area (Å²) in [5.41, 5.74) is 1.75. The molecule has 0 radical (unpaired) electrons. The van der Waals surface area contributed by atoms with Gasteiger partial charge in [-0.2, -0.15) is 0 Å². The molecule has 0 bridgehead atoms. The van der Waals surface area contributed by atoms with E-state index in [1.165, 1.54) is 5.56 Å². The van der Waals surface area contributed by atoms with Crippen LogP contribution in [0.3, 0.4) is 0 Å². The van der Waals surface area contributed by atoms with E-state index in [4.69, 9.17) is 4.74 Å². The second kappa shape index (κ2) is 9.94. The molecule has 0 spiro atoms. The number of benzene rings is 2. The predicted octanol–water partition coefficient (Wildman–Crippen LogP) is 3.77. The summed E-state index contributed by atoms with van der Waals surface area (Å²) in [6.07, 6.45) is 1.06. The summed E-state index contributed by atoms with van der Waals surface area (Å²) in [5, 5.41) is 12.5. The van der Waals surface area contributed by atoms with Crippen molar-refractivity contribution in [3.63, 3.8) is 0 Å². The Bertz CT molecular complexity index is 895. The van der Waals surface area contributed by atoms with E-state index < -0.39 is 0 Å². The van der Waals surface area contributed by atoms with Gasteiger partial charge in [0.05, 0.1) is 20.2 Å². The first-order valence-corrected chi connectivity index (χ1v) is 10.2. The van der Waals surface area contributed by atoms with Crippen molar-refractivity contribution in [2.24, 2.45) is 0 Å². The smallest absolute Gasteiger partial charge is 0.251 e. The van der Waals surface area contributed by atoms with Crippen LogP contribution in [0.15, 0.2) is 59.8 Å². The van der Waals surface area contributed by atoms with Crippen molar-refractivity contribution in [3.8, 4) is 5.75 Å². The number of nitrogens with zero attached hydrogens (tertiary/aromatic N) is 3. The molecule has 28 heavy (non-hydrogen) atoms. The van der Waals surface area contributed by atoms with Crippen molar-refractivity contribution in [2.45, 2.75) is 31.6 Å². The first-order chi connectivity index (χ1) is 13.7. The zero-order valence-corrected chi connectivity index (χ0v) is 16.9. The number of amides is 1. The van der Waals surface area contributed by atoms with Crippen molar-refractivity contribution < 1.29 is 9.53 Å². The summed E-state index contributed by atoms with van der Waals surface area (Å²) < 4.78 is 7.20. The van der Waals surface area contributed by atoms with Crippen LogP contribution in [-0.4, -0.2) is 33.5 Å². The summed E-state index contributed by atoms with van der Waals surface area (Å²) in [6.45, 7) is 3.13. The van der Waals surface area contributed by atoms with Crippen LogP contribution < -0.4 is 10.1 Å². The van der Waals surface area contributed by atoms with Gasteiger partial charge in [-0.1, -0.05) is 49.0 Å². The molecule has 6 nitrogen and oxygen atoms in total. The van der Waals surface area contributed by atoms with Crippen LogP contribution in [0.4, 0.5) is 0 Å². The average molecular weight is 397 g/mol. The number of hydrogen-bond acceptors (Lipinski definition) is 5. The van der Waals surface area contributed by atoms with E-state index in [1.807, 2.05) is 18.2 Å². The maximum absolute atomic E-state index is 12.5. The fourth-order valence-electron chi connectivity index (χ4n) is 2.68. The zero-order chi connectivity index (χ0) is 19.8. The number of hydrogen-bond donors (Lipinski definition) is 1. The number of ether oxygens (including phenoxy) is 1. The molecule has 2 aromatic carbocycles. The second-order valence-corrected chi connectivity index (χ2v) is 7.29. The minimum absolute atomic E-state index is 0.153. The molecule has 146 valence electrons. The standard InChI is InChI=1S/C21H24N4O2S/c1-3-13-28-21-24-23-19(25(21)15-16-7-5-4-6-8-16)14-22-20(26)17-9-11-18(27-2)12-10-17/h4-12H,3,13-15H2,1-2H3,(H,22,26). The molecular weight excluding hydrogens is 372 g/mol. The van der Waals surface area contributed by atoms with E-state index in [0.29, 0.717) is 18.7 Å². The lowest BCUT2D eigenvalue weighted by molar-refractivity contribution is 0.0949. The molecule has 0 atom stereocenters. The highest BCUT2D eigenvalue weighted by Gasteiger charge is 2.14. The van der Waals surface area contributed by atoms with Gasteiger partial charge < -0.3 is 14.6 Å². The number of rotatable bonds is 9. The topological polar surface area (TPSA) is 69.0 Å². The molecule has 0 aliphatic carbocycles. The van der Waals surface area contributed by atoms with Crippen LogP contribution in [-0.2, 0) is 13.1 Å². The van der Waals surface area contributed by atoms with Gasteiger partial charge in [-0.05, 0) is 36.2 Å². The Kier molecular flexibility index (Phi) is 7.08. The van der Waals surface area contributed by atoms with E-state index in [0.717, 1.165) is 28.9 Å². The fraction of sp³-hybridized carbons (Fsp3) is 0.286. The minimum atomic E-state index is -0.153. The van der Waals surface area contributed by atoms with Crippen LogP contribution >= 0.6 is 11.8 Å². The van der Waals surface area contributed by atoms with Crippen LogP contribution in [0.5, 0.6) is 5.75 Å². The van der Waals surface area contributed by atoms with E-state index in [-0.39, 0.29) is 5.91 Å². The highest BCUT2D eigenvalue weighted by Crippen LogP contribution is 2.19. The zero-order valence-electron chi connectivity index (χ0n) is 16.1. The Morgan fingerprint density at radius 1 is 1.11 bits per heavy atom. The molecule has 1 aromatic heterocycles. The van der Waals surface area contributed by atoms with E-state index >= 15 is 0 Å². The maximum Gasteiger partial charge on any atom is 0.251 e.